The van der Waals surface area contributed by atoms with Crippen LogP contribution < -0.4 is 5.73 Å². The van der Waals surface area contributed by atoms with Gasteiger partial charge in [0.1, 0.15) is 0 Å². The summed E-state index contributed by atoms with van der Waals surface area (Å²) in [7, 11) is 0. The number of nitro benzene ring substituents is 1. The van der Waals surface area contributed by atoms with E-state index in [0.717, 1.165) is 0 Å². The summed E-state index contributed by atoms with van der Waals surface area (Å²) in [6.45, 7) is 0.370. The molecule has 1 aromatic rings. The van der Waals surface area contributed by atoms with Crippen molar-refractivity contribution < 1.29 is 10.0 Å². The first-order chi connectivity index (χ1) is 6.65. The van der Waals surface area contributed by atoms with Crippen LogP contribution in [0.5, 0.6) is 5.75 Å². The Morgan fingerprint density at radius 3 is 2.86 bits per heavy atom. The van der Waals surface area contributed by atoms with Crippen LogP contribution in [0.4, 0.5) is 5.69 Å². The van der Waals surface area contributed by atoms with E-state index in [-0.39, 0.29) is 11.4 Å². The molecule has 3 N–H and O–H groups in total. The molecule has 0 fully saturated rings. The number of nitro groups is 1. The van der Waals surface area contributed by atoms with Gasteiger partial charge in [0.15, 0.2) is 5.75 Å². The minimum absolute atomic E-state index is 0.302. The second kappa shape index (κ2) is 4.38. The Bertz CT molecular complexity index is 374. The van der Waals surface area contributed by atoms with E-state index in [1.807, 2.05) is 0 Å². The molecule has 0 spiro atoms. The molecule has 0 saturated carbocycles. The predicted molar refractivity (Wildman–Crippen MR) is 52.8 cm³/mol. The minimum Gasteiger partial charge on any atom is -0.502 e. The van der Waals surface area contributed by atoms with E-state index in [2.05, 4.69) is 0 Å². The highest BCUT2D eigenvalue weighted by molar-refractivity contribution is 5.58. The van der Waals surface area contributed by atoms with Crippen LogP contribution in [-0.4, -0.2) is 16.6 Å². The van der Waals surface area contributed by atoms with Crippen molar-refractivity contribution in [2.45, 2.75) is 0 Å². The molecule has 0 radical (unpaired) electrons. The van der Waals surface area contributed by atoms with Crippen LogP contribution in [0.25, 0.3) is 6.08 Å². The highest BCUT2D eigenvalue weighted by atomic mass is 16.6. The lowest BCUT2D eigenvalue weighted by Gasteiger charge is -1.97. The first-order valence-electron chi connectivity index (χ1n) is 3.99. The molecule has 0 bridgehead atoms. The molecule has 0 saturated heterocycles. The zero-order valence-electron chi connectivity index (χ0n) is 7.38. The molecule has 0 aliphatic heterocycles. The maximum atomic E-state index is 10.4. The molecule has 0 aromatic heterocycles. The fourth-order valence-corrected chi connectivity index (χ4v) is 0.994. The zero-order valence-corrected chi connectivity index (χ0v) is 7.38. The third kappa shape index (κ3) is 2.30. The van der Waals surface area contributed by atoms with E-state index in [0.29, 0.717) is 12.1 Å². The number of nitrogens with two attached hydrogens (primary N) is 1. The van der Waals surface area contributed by atoms with Gasteiger partial charge in [-0.25, -0.2) is 0 Å². The highest BCUT2D eigenvalue weighted by Gasteiger charge is 2.12. The van der Waals surface area contributed by atoms with Gasteiger partial charge in [-0.2, -0.15) is 0 Å². The number of hydrogen-bond donors (Lipinski definition) is 2. The largest absolute Gasteiger partial charge is 0.502 e. The van der Waals surface area contributed by atoms with Gasteiger partial charge in [0.2, 0.25) is 0 Å². The quantitative estimate of drug-likeness (QED) is 0.560. The maximum absolute atomic E-state index is 10.4. The molecule has 1 aromatic carbocycles. The van der Waals surface area contributed by atoms with Crippen molar-refractivity contribution >= 4 is 11.8 Å². The Hall–Kier alpha value is -1.88. The smallest absolute Gasteiger partial charge is 0.311 e. The van der Waals surface area contributed by atoms with E-state index in [1.165, 1.54) is 12.1 Å². The Morgan fingerprint density at radius 2 is 2.29 bits per heavy atom. The first-order valence-corrected chi connectivity index (χ1v) is 3.99. The number of rotatable bonds is 3. The standard InChI is InChI=1S/C9H10N2O3/c10-5-1-2-7-3-4-9(12)8(6-7)11(13)14/h1-4,6,12H,5,10H2. The highest BCUT2D eigenvalue weighted by Crippen LogP contribution is 2.26. The van der Waals surface area contributed by atoms with Gasteiger partial charge in [-0.1, -0.05) is 18.2 Å². The van der Waals surface area contributed by atoms with Crippen LogP contribution in [0, 0.1) is 10.1 Å². The third-order valence-electron chi connectivity index (χ3n) is 1.64. The number of phenolic OH excluding ortho intramolecular Hbond substituents is 1. The number of aromatic hydroxyl groups is 1. The lowest BCUT2D eigenvalue weighted by Crippen LogP contribution is -1.92. The second-order valence-electron chi connectivity index (χ2n) is 2.64. The summed E-state index contributed by atoms with van der Waals surface area (Å²) < 4.78 is 0. The molecule has 1 rings (SSSR count). The summed E-state index contributed by atoms with van der Waals surface area (Å²) >= 11 is 0. The summed E-state index contributed by atoms with van der Waals surface area (Å²) in [5, 5.41) is 19.6. The van der Waals surface area contributed by atoms with Crippen LogP contribution in [0.2, 0.25) is 0 Å². The van der Waals surface area contributed by atoms with Gasteiger partial charge < -0.3 is 10.8 Å². The monoisotopic (exact) mass is 194 g/mol. The van der Waals surface area contributed by atoms with Crippen molar-refractivity contribution in [3.8, 4) is 5.75 Å². The Balaban J connectivity index is 3.06. The Kier molecular flexibility index (Phi) is 3.19. The summed E-state index contributed by atoms with van der Waals surface area (Å²) in [4.78, 5) is 9.81. The van der Waals surface area contributed by atoms with Gasteiger partial charge >= 0.3 is 5.69 Å². The normalized spacial score (nSPS) is 10.6. The Labute approximate surface area is 80.6 Å². The molecular formula is C9H10N2O3. The van der Waals surface area contributed by atoms with Gasteiger partial charge in [-0.3, -0.25) is 10.1 Å². The molecule has 5 nitrogen and oxygen atoms in total. The van der Waals surface area contributed by atoms with Crippen LogP contribution >= 0.6 is 0 Å². The lowest BCUT2D eigenvalue weighted by atomic mass is 10.2. The maximum Gasteiger partial charge on any atom is 0.311 e. The zero-order chi connectivity index (χ0) is 10.6. The molecular weight excluding hydrogens is 184 g/mol. The first kappa shape index (κ1) is 10.2. The number of hydrogen-bond acceptors (Lipinski definition) is 4. The summed E-state index contributed by atoms with van der Waals surface area (Å²) in [5.41, 5.74) is 5.57. The van der Waals surface area contributed by atoms with Gasteiger partial charge in [0, 0.05) is 12.6 Å². The minimum atomic E-state index is -0.630. The van der Waals surface area contributed by atoms with Crippen molar-refractivity contribution in [3.05, 3.63) is 40.0 Å². The van der Waals surface area contributed by atoms with Gasteiger partial charge in [0.25, 0.3) is 0 Å². The fraction of sp³-hybridized carbons (Fsp3) is 0.111. The van der Waals surface area contributed by atoms with Crippen LogP contribution in [0.1, 0.15) is 5.56 Å². The van der Waals surface area contributed by atoms with Gasteiger partial charge in [-0.05, 0) is 11.6 Å². The molecule has 5 heteroatoms. The fourth-order valence-electron chi connectivity index (χ4n) is 0.994. The van der Waals surface area contributed by atoms with Crippen molar-refractivity contribution in [1.29, 1.82) is 0 Å². The SMILES string of the molecule is NCC=Cc1ccc(O)c([N+](=O)[O-])c1. The number of nitrogens with zero attached hydrogens (tertiary/aromatic N) is 1. The van der Waals surface area contributed by atoms with Crippen molar-refractivity contribution in [2.75, 3.05) is 6.54 Å². The number of phenols is 1. The molecule has 0 aliphatic rings. The molecule has 14 heavy (non-hydrogen) atoms. The van der Waals surface area contributed by atoms with Gasteiger partial charge in [-0.15, -0.1) is 0 Å². The lowest BCUT2D eigenvalue weighted by molar-refractivity contribution is -0.385. The summed E-state index contributed by atoms with van der Waals surface area (Å²) in [6.07, 6.45) is 3.34. The van der Waals surface area contributed by atoms with E-state index >= 15 is 0 Å². The second-order valence-corrected chi connectivity index (χ2v) is 2.64. The van der Waals surface area contributed by atoms with Crippen LogP contribution in [0.3, 0.4) is 0 Å². The predicted octanol–water partition coefficient (Wildman–Crippen LogP) is 1.27. The average molecular weight is 194 g/mol. The molecule has 74 valence electrons. The third-order valence-corrected chi connectivity index (χ3v) is 1.64. The molecule has 0 atom stereocenters. The van der Waals surface area contributed by atoms with E-state index in [4.69, 9.17) is 10.8 Å². The van der Waals surface area contributed by atoms with E-state index in [9.17, 15) is 10.1 Å². The van der Waals surface area contributed by atoms with Gasteiger partial charge in [0.05, 0.1) is 4.92 Å². The Morgan fingerprint density at radius 1 is 1.57 bits per heavy atom. The van der Waals surface area contributed by atoms with Crippen LogP contribution in [0.15, 0.2) is 24.3 Å². The summed E-state index contributed by atoms with van der Waals surface area (Å²) in [6, 6.07) is 4.16. The molecule has 0 unspecified atom stereocenters. The molecule has 0 heterocycles. The van der Waals surface area contributed by atoms with Crippen molar-refractivity contribution in [3.63, 3.8) is 0 Å². The summed E-state index contributed by atoms with van der Waals surface area (Å²) in [5.74, 6) is -0.333. The molecule has 0 aliphatic carbocycles. The van der Waals surface area contributed by atoms with Crippen LogP contribution in [-0.2, 0) is 0 Å². The number of benzene rings is 1. The van der Waals surface area contributed by atoms with Crippen molar-refractivity contribution in [1.82, 2.24) is 0 Å². The average Bonchev–Trinajstić information content (AvgIpc) is 2.16. The van der Waals surface area contributed by atoms with E-state index < -0.39 is 4.92 Å². The molecule has 0 amide bonds. The topological polar surface area (TPSA) is 89.4 Å². The van der Waals surface area contributed by atoms with Crippen molar-refractivity contribution in [2.24, 2.45) is 5.73 Å². The van der Waals surface area contributed by atoms with E-state index in [1.54, 1.807) is 18.2 Å².